The lowest BCUT2D eigenvalue weighted by atomic mass is 10.1. The van der Waals surface area contributed by atoms with E-state index in [1.165, 1.54) is 18.2 Å². The molecule has 5 nitrogen and oxygen atoms in total. The number of ether oxygens (including phenoxy) is 1. The van der Waals surface area contributed by atoms with Crippen molar-refractivity contribution in [3.05, 3.63) is 62.5 Å². The van der Waals surface area contributed by atoms with E-state index in [4.69, 9.17) is 16.3 Å². The van der Waals surface area contributed by atoms with Crippen LogP contribution < -0.4 is 5.56 Å². The Hall–Kier alpha value is -2.47. The summed E-state index contributed by atoms with van der Waals surface area (Å²) in [6.45, 7) is 3.53. The Balaban J connectivity index is 2.34. The van der Waals surface area contributed by atoms with Gasteiger partial charge in [0.2, 0.25) is 0 Å². The minimum absolute atomic E-state index is 0.164. The SMILES string of the molecule is CCOC(=O)c1cnc(/C(C)=C/c2ccc(F)cc2Cl)[nH]c1=O. The molecule has 0 saturated heterocycles. The fourth-order valence-corrected chi connectivity index (χ4v) is 2.09. The van der Waals surface area contributed by atoms with Gasteiger partial charge in [-0.3, -0.25) is 4.79 Å². The van der Waals surface area contributed by atoms with Gasteiger partial charge in [-0.25, -0.2) is 14.2 Å². The summed E-state index contributed by atoms with van der Waals surface area (Å²) < 4.78 is 17.8. The van der Waals surface area contributed by atoms with Crippen molar-refractivity contribution in [2.75, 3.05) is 6.61 Å². The van der Waals surface area contributed by atoms with Crippen LogP contribution in [0.1, 0.15) is 35.6 Å². The number of esters is 1. The number of carbonyl (C=O) groups is 1. The van der Waals surface area contributed by atoms with E-state index in [0.29, 0.717) is 11.1 Å². The van der Waals surface area contributed by atoms with Gasteiger partial charge in [0.05, 0.1) is 11.6 Å². The molecule has 1 aromatic heterocycles. The first-order chi connectivity index (χ1) is 10.9. The Morgan fingerprint density at radius 2 is 2.22 bits per heavy atom. The number of aromatic amines is 1. The lowest BCUT2D eigenvalue weighted by molar-refractivity contribution is 0.0523. The number of hydrogen-bond acceptors (Lipinski definition) is 4. The largest absolute Gasteiger partial charge is 0.462 e. The summed E-state index contributed by atoms with van der Waals surface area (Å²) in [5.74, 6) is -0.880. The van der Waals surface area contributed by atoms with Gasteiger partial charge >= 0.3 is 5.97 Å². The van der Waals surface area contributed by atoms with Gasteiger partial charge < -0.3 is 9.72 Å². The van der Waals surface area contributed by atoms with E-state index in [2.05, 4.69) is 9.97 Å². The van der Waals surface area contributed by atoms with Crippen LogP contribution in [-0.4, -0.2) is 22.5 Å². The summed E-state index contributed by atoms with van der Waals surface area (Å²) in [5, 5.41) is 0.245. The van der Waals surface area contributed by atoms with Crippen molar-refractivity contribution >= 4 is 29.2 Å². The van der Waals surface area contributed by atoms with Crippen molar-refractivity contribution in [1.29, 1.82) is 0 Å². The van der Waals surface area contributed by atoms with Gasteiger partial charge in [0.25, 0.3) is 5.56 Å². The number of allylic oxidation sites excluding steroid dienone is 1. The molecule has 0 aliphatic heterocycles. The second-order valence-corrected chi connectivity index (χ2v) is 5.10. The molecule has 1 aromatic carbocycles. The van der Waals surface area contributed by atoms with Crippen LogP contribution in [0.5, 0.6) is 0 Å². The quantitative estimate of drug-likeness (QED) is 0.869. The van der Waals surface area contributed by atoms with Gasteiger partial charge in [-0.15, -0.1) is 0 Å². The average Bonchev–Trinajstić information content (AvgIpc) is 2.50. The lowest BCUT2D eigenvalue weighted by Crippen LogP contribution is -2.21. The standard InChI is InChI=1S/C16H14ClFN2O3/c1-3-23-16(22)12-8-19-14(20-15(12)21)9(2)6-10-4-5-11(18)7-13(10)17/h4-8H,3H2,1-2H3,(H,19,20,21)/b9-6+. The fraction of sp³-hybridized carbons (Fsp3) is 0.188. The Morgan fingerprint density at radius 1 is 1.48 bits per heavy atom. The summed E-state index contributed by atoms with van der Waals surface area (Å²) in [6, 6.07) is 4.00. The molecule has 0 radical (unpaired) electrons. The minimum atomic E-state index is -0.726. The third kappa shape index (κ3) is 4.04. The van der Waals surface area contributed by atoms with Crippen LogP contribution in [0.15, 0.2) is 29.2 Å². The number of rotatable bonds is 4. The Labute approximate surface area is 136 Å². The normalized spacial score (nSPS) is 11.4. The first kappa shape index (κ1) is 16.9. The van der Waals surface area contributed by atoms with E-state index in [1.54, 1.807) is 19.9 Å². The predicted molar refractivity (Wildman–Crippen MR) is 85.8 cm³/mol. The van der Waals surface area contributed by atoms with Crippen LogP contribution in [0.4, 0.5) is 4.39 Å². The van der Waals surface area contributed by atoms with E-state index in [1.807, 2.05) is 0 Å². The van der Waals surface area contributed by atoms with Crippen LogP contribution in [0.2, 0.25) is 5.02 Å². The number of benzene rings is 1. The molecule has 0 spiro atoms. The number of H-pyrrole nitrogens is 1. The van der Waals surface area contributed by atoms with Crippen molar-refractivity contribution in [3.8, 4) is 0 Å². The monoisotopic (exact) mass is 336 g/mol. The summed E-state index contributed by atoms with van der Waals surface area (Å²) in [7, 11) is 0. The van der Waals surface area contributed by atoms with Crippen molar-refractivity contribution in [3.63, 3.8) is 0 Å². The van der Waals surface area contributed by atoms with Gasteiger partial charge in [-0.1, -0.05) is 17.7 Å². The topological polar surface area (TPSA) is 72.0 Å². The molecule has 0 bridgehead atoms. The number of nitrogens with zero attached hydrogens (tertiary/aromatic N) is 1. The van der Waals surface area contributed by atoms with Crippen LogP contribution in [0.25, 0.3) is 11.6 Å². The first-order valence-corrected chi connectivity index (χ1v) is 7.20. The van der Waals surface area contributed by atoms with Crippen molar-refractivity contribution < 1.29 is 13.9 Å². The highest BCUT2D eigenvalue weighted by Crippen LogP contribution is 2.22. The molecule has 1 heterocycles. The van der Waals surface area contributed by atoms with E-state index >= 15 is 0 Å². The molecule has 1 N–H and O–H groups in total. The molecular formula is C16H14ClFN2O3. The number of hydrogen-bond donors (Lipinski definition) is 1. The van der Waals surface area contributed by atoms with Crippen molar-refractivity contribution in [1.82, 2.24) is 9.97 Å². The van der Waals surface area contributed by atoms with E-state index < -0.39 is 17.3 Å². The third-order valence-corrected chi connectivity index (χ3v) is 3.33. The van der Waals surface area contributed by atoms with Crippen LogP contribution in [0, 0.1) is 5.82 Å². The molecule has 0 aliphatic carbocycles. The molecule has 2 aromatic rings. The van der Waals surface area contributed by atoms with Crippen LogP contribution >= 0.6 is 11.6 Å². The zero-order valence-corrected chi connectivity index (χ0v) is 13.3. The molecule has 7 heteroatoms. The van der Waals surface area contributed by atoms with Gasteiger partial charge in [0, 0.05) is 6.20 Å². The van der Waals surface area contributed by atoms with Gasteiger partial charge in [-0.2, -0.15) is 0 Å². The zero-order chi connectivity index (χ0) is 17.0. The summed E-state index contributed by atoms with van der Waals surface area (Å²) in [4.78, 5) is 30.0. The molecule has 0 aliphatic rings. The second kappa shape index (κ2) is 7.19. The number of halogens is 2. The lowest BCUT2D eigenvalue weighted by Gasteiger charge is -2.05. The molecule has 2 rings (SSSR count). The predicted octanol–water partition coefficient (Wildman–Crippen LogP) is 3.30. The summed E-state index contributed by atoms with van der Waals surface area (Å²) in [5.41, 5.74) is 0.434. The molecule has 23 heavy (non-hydrogen) atoms. The minimum Gasteiger partial charge on any atom is -0.462 e. The fourth-order valence-electron chi connectivity index (χ4n) is 1.87. The highest BCUT2D eigenvalue weighted by atomic mass is 35.5. The molecule has 0 atom stereocenters. The van der Waals surface area contributed by atoms with E-state index in [0.717, 1.165) is 6.20 Å². The summed E-state index contributed by atoms with van der Waals surface area (Å²) in [6.07, 6.45) is 2.82. The molecule has 0 saturated carbocycles. The molecule has 0 amide bonds. The maximum atomic E-state index is 13.0. The first-order valence-electron chi connectivity index (χ1n) is 6.82. The van der Waals surface area contributed by atoms with Crippen LogP contribution in [-0.2, 0) is 4.74 Å². The number of carbonyl (C=O) groups excluding carboxylic acids is 1. The van der Waals surface area contributed by atoms with Gasteiger partial charge in [-0.05, 0) is 43.2 Å². The molecular weight excluding hydrogens is 323 g/mol. The molecule has 0 fully saturated rings. The average molecular weight is 337 g/mol. The number of nitrogens with one attached hydrogen (secondary N) is 1. The van der Waals surface area contributed by atoms with Crippen molar-refractivity contribution in [2.24, 2.45) is 0 Å². The Bertz CT molecular complexity index is 830. The second-order valence-electron chi connectivity index (χ2n) is 4.69. The zero-order valence-electron chi connectivity index (χ0n) is 12.5. The van der Waals surface area contributed by atoms with E-state index in [-0.39, 0.29) is 23.0 Å². The Kier molecular flexibility index (Phi) is 5.28. The van der Waals surface area contributed by atoms with Crippen molar-refractivity contribution in [2.45, 2.75) is 13.8 Å². The highest BCUT2D eigenvalue weighted by molar-refractivity contribution is 6.32. The third-order valence-electron chi connectivity index (χ3n) is 3.00. The molecule has 0 unspecified atom stereocenters. The van der Waals surface area contributed by atoms with Gasteiger partial charge in [0.1, 0.15) is 17.2 Å². The highest BCUT2D eigenvalue weighted by Gasteiger charge is 2.13. The maximum Gasteiger partial charge on any atom is 0.345 e. The maximum absolute atomic E-state index is 13.0. The molecule has 120 valence electrons. The van der Waals surface area contributed by atoms with E-state index in [9.17, 15) is 14.0 Å². The smallest absolute Gasteiger partial charge is 0.345 e. The number of aromatic nitrogens is 2. The summed E-state index contributed by atoms with van der Waals surface area (Å²) >= 11 is 5.96. The van der Waals surface area contributed by atoms with Gasteiger partial charge in [0.15, 0.2) is 0 Å². The van der Waals surface area contributed by atoms with Crippen LogP contribution in [0.3, 0.4) is 0 Å². The Morgan fingerprint density at radius 3 is 2.83 bits per heavy atom.